The number of benzene rings is 1. The molecule has 124 valence electrons. The maximum absolute atomic E-state index is 12.9. The van der Waals surface area contributed by atoms with Crippen molar-refractivity contribution < 1.29 is 4.79 Å². The number of carbonyl (C=O) groups is 1. The summed E-state index contributed by atoms with van der Waals surface area (Å²) in [6.45, 7) is 4.19. The Morgan fingerprint density at radius 1 is 1.29 bits per heavy atom. The van der Waals surface area contributed by atoms with Gasteiger partial charge in [-0.2, -0.15) is 10.1 Å². The second-order valence-corrected chi connectivity index (χ2v) is 7.82. The number of fused-ring (bicyclic) bond motifs is 1. The van der Waals surface area contributed by atoms with E-state index in [-0.39, 0.29) is 11.2 Å². The Hall–Kier alpha value is -1.85. The van der Waals surface area contributed by atoms with Gasteiger partial charge < -0.3 is 5.32 Å². The van der Waals surface area contributed by atoms with Crippen LogP contribution < -0.4 is 5.32 Å². The van der Waals surface area contributed by atoms with Crippen molar-refractivity contribution in [2.75, 3.05) is 5.32 Å². The first-order chi connectivity index (χ1) is 11.4. The third-order valence-corrected chi connectivity index (χ3v) is 5.38. The van der Waals surface area contributed by atoms with Gasteiger partial charge in [0.25, 0.3) is 0 Å². The summed E-state index contributed by atoms with van der Waals surface area (Å²) in [5.74, 6) is 0.719. The lowest BCUT2D eigenvalue weighted by Crippen LogP contribution is -2.36. The van der Waals surface area contributed by atoms with Crippen LogP contribution in [0.2, 0.25) is 10.0 Å². The van der Waals surface area contributed by atoms with Gasteiger partial charge in [-0.15, -0.1) is 0 Å². The molecule has 0 saturated carbocycles. The van der Waals surface area contributed by atoms with Gasteiger partial charge >= 0.3 is 0 Å². The van der Waals surface area contributed by atoms with Gasteiger partial charge in [-0.1, -0.05) is 49.2 Å². The average molecular weight is 363 g/mol. The lowest BCUT2D eigenvalue weighted by molar-refractivity contribution is -0.118. The zero-order valence-electron chi connectivity index (χ0n) is 13.3. The zero-order chi connectivity index (χ0) is 17.1. The number of nitrogens with zero attached hydrogens (tertiary/aromatic N) is 3. The van der Waals surface area contributed by atoms with E-state index in [9.17, 15) is 4.79 Å². The summed E-state index contributed by atoms with van der Waals surface area (Å²) in [6, 6.07) is 5.04. The van der Waals surface area contributed by atoms with Crippen LogP contribution in [-0.2, 0) is 4.79 Å². The standard InChI is InChI=1S/C17H16Cl2N4O/c1-17(2)6-11-13(12(24)7-17)15(23-16(22-11)20-8-21-23)9-4-3-5-10(18)14(9)19/h3-5,8,15H,6-7H2,1-2H3,(H,20,21,22)/t15-/m1/s1. The molecule has 0 fully saturated rings. The third-order valence-electron chi connectivity index (χ3n) is 4.55. The summed E-state index contributed by atoms with van der Waals surface area (Å²) in [5, 5.41) is 8.47. The smallest absolute Gasteiger partial charge is 0.226 e. The molecule has 2 aromatic rings. The molecule has 2 heterocycles. The molecular weight excluding hydrogens is 347 g/mol. The highest BCUT2D eigenvalue weighted by molar-refractivity contribution is 6.42. The summed E-state index contributed by atoms with van der Waals surface area (Å²) in [4.78, 5) is 17.2. The zero-order valence-corrected chi connectivity index (χ0v) is 14.8. The minimum absolute atomic E-state index is 0.0895. The Bertz CT molecular complexity index is 884. The van der Waals surface area contributed by atoms with Gasteiger partial charge in [0.1, 0.15) is 12.4 Å². The first kappa shape index (κ1) is 15.7. The predicted octanol–water partition coefficient (Wildman–Crippen LogP) is 4.24. The van der Waals surface area contributed by atoms with E-state index in [1.807, 2.05) is 12.1 Å². The highest BCUT2D eigenvalue weighted by Gasteiger charge is 2.42. The second-order valence-electron chi connectivity index (χ2n) is 7.03. The SMILES string of the molecule is CC1(C)CC(=O)C2=C(C1)Nc1ncnn1[C@@H]2c1cccc(Cl)c1Cl. The minimum Gasteiger partial charge on any atom is -0.328 e. The van der Waals surface area contributed by atoms with Crippen LogP contribution in [-0.4, -0.2) is 20.5 Å². The largest absolute Gasteiger partial charge is 0.328 e. The number of rotatable bonds is 1. The van der Waals surface area contributed by atoms with Crippen LogP contribution >= 0.6 is 23.2 Å². The van der Waals surface area contributed by atoms with E-state index < -0.39 is 6.04 Å². The van der Waals surface area contributed by atoms with E-state index in [0.717, 1.165) is 17.7 Å². The van der Waals surface area contributed by atoms with Crippen molar-refractivity contribution in [3.63, 3.8) is 0 Å². The van der Waals surface area contributed by atoms with Gasteiger partial charge in [-0.05, 0) is 17.9 Å². The Kier molecular flexibility index (Phi) is 3.48. The maximum atomic E-state index is 12.9. The molecule has 4 rings (SSSR count). The number of aromatic nitrogens is 3. The van der Waals surface area contributed by atoms with E-state index in [4.69, 9.17) is 23.2 Å². The molecule has 5 nitrogen and oxygen atoms in total. The van der Waals surface area contributed by atoms with Crippen molar-refractivity contribution in [1.82, 2.24) is 14.8 Å². The highest BCUT2D eigenvalue weighted by Crippen LogP contribution is 2.46. The molecule has 1 aromatic carbocycles. The molecule has 0 bridgehead atoms. The van der Waals surface area contributed by atoms with Gasteiger partial charge in [0, 0.05) is 23.3 Å². The molecule has 24 heavy (non-hydrogen) atoms. The van der Waals surface area contributed by atoms with Crippen molar-refractivity contribution >= 4 is 34.9 Å². The summed E-state index contributed by atoms with van der Waals surface area (Å²) in [5.41, 5.74) is 2.28. The number of allylic oxidation sites excluding steroid dienone is 2. The van der Waals surface area contributed by atoms with Gasteiger partial charge in [0.2, 0.25) is 5.95 Å². The fourth-order valence-electron chi connectivity index (χ4n) is 3.57. The summed E-state index contributed by atoms with van der Waals surface area (Å²) >= 11 is 12.6. The number of ketones is 1. The molecule has 0 spiro atoms. The fourth-order valence-corrected chi connectivity index (χ4v) is 3.98. The first-order valence-electron chi connectivity index (χ1n) is 7.74. The quantitative estimate of drug-likeness (QED) is 0.823. The third kappa shape index (κ3) is 2.34. The van der Waals surface area contributed by atoms with Gasteiger partial charge in [-0.25, -0.2) is 4.68 Å². The van der Waals surface area contributed by atoms with Crippen molar-refractivity contribution in [3.05, 3.63) is 51.4 Å². The molecule has 1 aliphatic carbocycles. The molecule has 1 aliphatic heterocycles. The lowest BCUT2D eigenvalue weighted by Gasteiger charge is -2.38. The Balaban J connectivity index is 1.95. The van der Waals surface area contributed by atoms with E-state index in [0.29, 0.717) is 28.0 Å². The molecule has 0 saturated heterocycles. The summed E-state index contributed by atoms with van der Waals surface area (Å²) < 4.78 is 1.70. The predicted molar refractivity (Wildman–Crippen MR) is 93.3 cm³/mol. The second kappa shape index (κ2) is 5.33. The van der Waals surface area contributed by atoms with E-state index >= 15 is 0 Å². The molecule has 1 N–H and O–H groups in total. The number of nitrogens with one attached hydrogen (secondary N) is 1. The van der Waals surface area contributed by atoms with Gasteiger partial charge in [0.05, 0.1) is 10.0 Å². The van der Waals surface area contributed by atoms with Gasteiger partial charge in [0.15, 0.2) is 5.78 Å². The Morgan fingerprint density at radius 3 is 2.88 bits per heavy atom. The van der Waals surface area contributed by atoms with Crippen LogP contribution in [0.3, 0.4) is 0 Å². The monoisotopic (exact) mass is 362 g/mol. The number of hydrogen-bond donors (Lipinski definition) is 1. The topological polar surface area (TPSA) is 59.8 Å². The number of carbonyl (C=O) groups excluding carboxylic acids is 1. The van der Waals surface area contributed by atoms with Crippen LogP contribution in [0.5, 0.6) is 0 Å². The molecule has 1 atom stereocenters. The van der Waals surface area contributed by atoms with Crippen LogP contribution in [0, 0.1) is 5.41 Å². The van der Waals surface area contributed by atoms with Crippen molar-refractivity contribution in [1.29, 1.82) is 0 Å². The normalized spacial score (nSPS) is 22.0. The van der Waals surface area contributed by atoms with Crippen LogP contribution in [0.4, 0.5) is 5.95 Å². The Morgan fingerprint density at radius 2 is 2.08 bits per heavy atom. The van der Waals surface area contributed by atoms with E-state index in [2.05, 4.69) is 29.2 Å². The molecule has 0 unspecified atom stereocenters. The first-order valence-corrected chi connectivity index (χ1v) is 8.50. The Labute approximate surface area is 149 Å². The highest BCUT2D eigenvalue weighted by atomic mass is 35.5. The van der Waals surface area contributed by atoms with Crippen molar-refractivity contribution in [2.45, 2.75) is 32.7 Å². The van der Waals surface area contributed by atoms with E-state index in [1.165, 1.54) is 6.33 Å². The van der Waals surface area contributed by atoms with Crippen LogP contribution in [0.25, 0.3) is 0 Å². The minimum atomic E-state index is -0.409. The molecule has 0 amide bonds. The number of hydrogen-bond acceptors (Lipinski definition) is 4. The number of Topliss-reactive ketones (excluding diaryl/α,β-unsaturated/α-hetero) is 1. The molecule has 0 radical (unpaired) electrons. The molecular formula is C17H16Cl2N4O. The van der Waals surface area contributed by atoms with Crippen LogP contribution in [0.15, 0.2) is 35.8 Å². The van der Waals surface area contributed by atoms with E-state index in [1.54, 1.807) is 10.7 Å². The number of halogens is 2. The fraction of sp³-hybridized carbons (Fsp3) is 0.353. The molecule has 7 heteroatoms. The molecule has 2 aliphatic rings. The summed E-state index contributed by atoms with van der Waals surface area (Å²) in [6.07, 6.45) is 2.74. The van der Waals surface area contributed by atoms with Gasteiger partial charge in [-0.3, -0.25) is 4.79 Å². The molecule has 1 aromatic heterocycles. The van der Waals surface area contributed by atoms with Crippen molar-refractivity contribution in [3.8, 4) is 0 Å². The maximum Gasteiger partial charge on any atom is 0.226 e. The lowest BCUT2D eigenvalue weighted by atomic mass is 9.73. The van der Waals surface area contributed by atoms with Crippen molar-refractivity contribution in [2.24, 2.45) is 5.41 Å². The summed E-state index contributed by atoms with van der Waals surface area (Å²) in [7, 11) is 0. The number of anilines is 1. The average Bonchev–Trinajstić information content (AvgIpc) is 2.95. The van der Waals surface area contributed by atoms with Crippen LogP contribution in [0.1, 0.15) is 38.3 Å².